The number of benzene rings is 1. The molecule has 0 saturated carbocycles. The fraction of sp³-hybridized carbons (Fsp3) is 0.647. The zero-order valence-electron chi connectivity index (χ0n) is 14.4. The van der Waals surface area contributed by atoms with Crippen molar-refractivity contribution in [1.29, 1.82) is 0 Å². The van der Waals surface area contributed by atoms with Crippen LogP contribution in [0.1, 0.15) is 51.5 Å². The van der Waals surface area contributed by atoms with Gasteiger partial charge in [-0.1, -0.05) is 23.7 Å². The lowest BCUT2D eigenvalue weighted by atomic mass is 9.75. The van der Waals surface area contributed by atoms with Crippen LogP contribution in [-0.4, -0.2) is 31.5 Å². The summed E-state index contributed by atoms with van der Waals surface area (Å²) in [6, 6.07) is 3.95. The van der Waals surface area contributed by atoms with Crippen LogP contribution in [0.2, 0.25) is 5.02 Å². The first kappa shape index (κ1) is 17.2. The third-order valence-electron chi connectivity index (χ3n) is 5.05. The van der Waals surface area contributed by atoms with Gasteiger partial charge >= 0.3 is 7.12 Å². The number of hydrogen-bond donors (Lipinski definition) is 0. The minimum Gasteiger partial charge on any atom is -0.399 e. The van der Waals surface area contributed by atoms with Crippen molar-refractivity contribution < 1.29 is 18.8 Å². The fourth-order valence-electron chi connectivity index (χ4n) is 2.80. The van der Waals surface area contributed by atoms with E-state index in [2.05, 4.69) is 0 Å². The molecule has 6 heteroatoms. The first-order valence-corrected chi connectivity index (χ1v) is 8.48. The molecule has 4 nitrogen and oxygen atoms in total. The van der Waals surface area contributed by atoms with Crippen LogP contribution in [0.5, 0.6) is 0 Å². The Balaban J connectivity index is 1.89. The molecule has 2 fully saturated rings. The summed E-state index contributed by atoms with van der Waals surface area (Å²) in [5, 5.41) is 0.657. The van der Waals surface area contributed by atoms with E-state index in [0.717, 1.165) is 23.0 Å². The van der Waals surface area contributed by atoms with Crippen molar-refractivity contribution in [2.24, 2.45) is 0 Å². The van der Waals surface area contributed by atoms with Gasteiger partial charge in [0.25, 0.3) is 0 Å². The van der Waals surface area contributed by atoms with E-state index >= 15 is 0 Å². The lowest BCUT2D eigenvalue weighted by Gasteiger charge is -2.32. The number of hydrogen-bond acceptors (Lipinski definition) is 4. The van der Waals surface area contributed by atoms with Gasteiger partial charge in [-0.05, 0) is 52.1 Å². The van der Waals surface area contributed by atoms with Crippen LogP contribution in [0.15, 0.2) is 12.1 Å². The second kappa shape index (κ2) is 6.05. The Morgan fingerprint density at radius 2 is 1.61 bits per heavy atom. The highest BCUT2D eigenvalue weighted by atomic mass is 35.5. The molecule has 0 atom stereocenters. The Morgan fingerprint density at radius 1 is 1.04 bits per heavy atom. The van der Waals surface area contributed by atoms with Crippen molar-refractivity contribution in [2.75, 3.05) is 13.2 Å². The molecule has 0 aliphatic carbocycles. The van der Waals surface area contributed by atoms with Crippen LogP contribution in [0, 0.1) is 6.92 Å². The van der Waals surface area contributed by atoms with E-state index < -0.39 is 7.12 Å². The molecule has 23 heavy (non-hydrogen) atoms. The van der Waals surface area contributed by atoms with Gasteiger partial charge in [0.05, 0.1) is 29.4 Å². The highest BCUT2D eigenvalue weighted by molar-refractivity contribution is 6.63. The monoisotopic (exact) mass is 338 g/mol. The summed E-state index contributed by atoms with van der Waals surface area (Å²) in [6.45, 7) is 11.5. The average molecular weight is 339 g/mol. The predicted octanol–water partition coefficient (Wildman–Crippen LogP) is 3.38. The van der Waals surface area contributed by atoms with Gasteiger partial charge in [0.2, 0.25) is 0 Å². The average Bonchev–Trinajstić information content (AvgIpc) is 2.71. The van der Waals surface area contributed by atoms with Crippen LogP contribution >= 0.6 is 11.6 Å². The van der Waals surface area contributed by atoms with Crippen molar-refractivity contribution in [3.63, 3.8) is 0 Å². The molecule has 3 rings (SSSR count). The smallest absolute Gasteiger partial charge is 0.399 e. The van der Waals surface area contributed by atoms with E-state index in [1.807, 2.05) is 46.8 Å². The first-order valence-electron chi connectivity index (χ1n) is 8.11. The molecule has 0 N–H and O–H groups in total. The van der Waals surface area contributed by atoms with Gasteiger partial charge in [-0.3, -0.25) is 0 Å². The number of ether oxygens (including phenoxy) is 2. The zero-order valence-corrected chi connectivity index (χ0v) is 15.2. The van der Waals surface area contributed by atoms with E-state index in [0.29, 0.717) is 18.2 Å². The van der Waals surface area contributed by atoms with Gasteiger partial charge in [-0.2, -0.15) is 0 Å². The summed E-state index contributed by atoms with van der Waals surface area (Å²) in [4.78, 5) is 0. The lowest BCUT2D eigenvalue weighted by molar-refractivity contribution is -0.182. The van der Waals surface area contributed by atoms with Crippen LogP contribution < -0.4 is 5.46 Å². The Morgan fingerprint density at radius 3 is 2.17 bits per heavy atom. The Kier molecular flexibility index (Phi) is 4.53. The normalized spacial score (nSPS) is 24.2. The largest absolute Gasteiger partial charge is 0.495 e. The van der Waals surface area contributed by atoms with Gasteiger partial charge in [0, 0.05) is 5.56 Å². The third kappa shape index (κ3) is 3.05. The maximum atomic E-state index is 6.58. The summed E-state index contributed by atoms with van der Waals surface area (Å²) in [5.74, 6) is 0. The van der Waals surface area contributed by atoms with Gasteiger partial charge in [-0.25, -0.2) is 0 Å². The Hall–Kier alpha value is -0.585. The van der Waals surface area contributed by atoms with Crippen LogP contribution in [0.4, 0.5) is 0 Å². The van der Waals surface area contributed by atoms with E-state index in [1.165, 1.54) is 0 Å². The first-order chi connectivity index (χ1) is 10.7. The Labute approximate surface area is 143 Å². The summed E-state index contributed by atoms with van der Waals surface area (Å²) in [7, 11) is -0.417. The van der Waals surface area contributed by atoms with Crippen molar-refractivity contribution in [3.8, 4) is 0 Å². The van der Waals surface area contributed by atoms with Gasteiger partial charge in [-0.15, -0.1) is 0 Å². The second-order valence-corrected chi connectivity index (χ2v) is 7.58. The second-order valence-electron chi connectivity index (χ2n) is 7.20. The molecule has 126 valence electrons. The summed E-state index contributed by atoms with van der Waals surface area (Å²) in [6.07, 6.45) is 0.529. The van der Waals surface area contributed by atoms with Crippen LogP contribution in [0.3, 0.4) is 0 Å². The standard InChI is InChI=1S/C17H24BClO4/c1-11-13(18-22-16(2,3)17(4,5)23-18)8-7-12(14(11)19)15-20-9-6-10-21-15/h7-8,15H,6,9-10H2,1-5H3. The van der Waals surface area contributed by atoms with E-state index in [-0.39, 0.29) is 17.5 Å². The molecule has 0 bridgehead atoms. The molecule has 0 radical (unpaired) electrons. The van der Waals surface area contributed by atoms with Gasteiger partial charge in [0.15, 0.2) is 6.29 Å². The molecule has 1 aromatic rings. The molecule has 0 amide bonds. The number of rotatable bonds is 2. The molecule has 2 aliphatic rings. The topological polar surface area (TPSA) is 36.9 Å². The molecule has 0 aromatic heterocycles. The van der Waals surface area contributed by atoms with E-state index in [4.69, 9.17) is 30.4 Å². The van der Waals surface area contributed by atoms with Gasteiger partial charge in [0.1, 0.15) is 0 Å². The minimum absolute atomic E-state index is 0.370. The van der Waals surface area contributed by atoms with Crippen molar-refractivity contribution in [2.45, 2.75) is 58.5 Å². The van der Waals surface area contributed by atoms with Crippen LogP contribution in [-0.2, 0) is 18.8 Å². The lowest BCUT2D eigenvalue weighted by Crippen LogP contribution is -2.41. The summed E-state index contributed by atoms with van der Waals surface area (Å²) >= 11 is 6.58. The predicted molar refractivity (Wildman–Crippen MR) is 91.2 cm³/mol. The molecular weight excluding hydrogens is 314 g/mol. The molecule has 2 aliphatic heterocycles. The molecule has 0 spiro atoms. The Bertz CT molecular complexity index is 581. The highest BCUT2D eigenvalue weighted by Gasteiger charge is 2.52. The maximum absolute atomic E-state index is 6.58. The van der Waals surface area contributed by atoms with E-state index in [9.17, 15) is 0 Å². The molecule has 0 unspecified atom stereocenters. The highest BCUT2D eigenvalue weighted by Crippen LogP contribution is 2.38. The molecule has 2 saturated heterocycles. The van der Waals surface area contributed by atoms with Crippen molar-refractivity contribution >= 4 is 24.2 Å². The SMILES string of the molecule is Cc1c(B2OC(C)(C)C(C)(C)O2)ccc(C2OCCCO2)c1Cl. The quantitative estimate of drug-likeness (QED) is 0.775. The molecule has 2 heterocycles. The van der Waals surface area contributed by atoms with E-state index in [1.54, 1.807) is 0 Å². The van der Waals surface area contributed by atoms with Crippen molar-refractivity contribution in [3.05, 3.63) is 28.3 Å². The fourth-order valence-corrected chi connectivity index (χ4v) is 3.06. The minimum atomic E-state index is -0.417. The van der Waals surface area contributed by atoms with Gasteiger partial charge < -0.3 is 18.8 Å². The van der Waals surface area contributed by atoms with Crippen molar-refractivity contribution in [1.82, 2.24) is 0 Å². The summed E-state index contributed by atoms with van der Waals surface area (Å²) in [5.41, 5.74) is 2.02. The number of halogens is 1. The maximum Gasteiger partial charge on any atom is 0.495 e. The molecule has 1 aromatic carbocycles. The van der Waals surface area contributed by atoms with Crippen LogP contribution in [0.25, 0.3) is 0 Å². The summed E-state index contributed by atoms with van der Waals surface area (Å²) < 4.78 is 23.6. The third-order valence-corrected chi connectivity index (χ3v) is 5.55. The zero-order chi connectivity index (χ0) is 16.8. The molecular formula is C17H24BClO4.